The molecule has 33 heavy (non-hydrogen) atoms. The van der Waals surface area contributed by atoms with Crippen LogP contribution < -0.4 is 25.2 Å². The Morgan fingerprint density at radius 3 is 2.55 bits per heavy atom. The molecule has 0 atom stereocenters. The number of aromatic nitrogens is 1. The molecule has 2 aromatic heterocycles. The number of amides is 1. The molecule has 4 aromatic rings. The molecule has 0 radical (unpaired) electrons. The quantitative estimate of drug-likeness (QED) is 0.414. The lowest BCUT2D eigenvalue weighted by molar-refractivity contribution is -0.120. The molecule has 2 heterocycles. The van der Waals surface area contributed by atoms with E-state index >= 15 is 0 Å². The lowest BCUT2D eigenvalue weighted by Gasteiger charge is -2.13. The Bertz CT molecular complexity index is 1390. The van der Waals surface area contributed by atoms with E-state index < -0.39 is 5.63 Å². The molecule has 0 saturated heterocycles. The van der Waals surface area contributed by atoms with Gasteiger partial charge in [-0.3, -0.25) is 4.79 Å². The Morgan fingerprint density at radius 1 is 1.03 bits per heavy atom. The Labute approximate surface area is 190 Å². The van der Waals surface area contributed by atoms with Gasteiger partial charge in [-0.1, -0.05) is 0 Å². The summed E-state index contributed by atoms with van der Waals surface area (Å²) in [5, 5.41) is 4.60. The maximum absolute atomic E-state index is 12.6. The number of benzene rings is 2. The van der Waals surface area contributed by atoms with E-state index in [0.29, 0.717) is 46.7 Å². The highest BCUT2D eigenvalue weighted by Gasteiger charge is 2.18. The van der Waals surface area contributed by atoms with Gasteiger partial charge in [-0.2, -0.15) is 0 Å². The molecule has 2 aromatic carbocycles. The average Bonchev–Trinajstić information content (AvgIpc) is 3.22. The summed E-state index contributed by atoms with van der Waals surface area (Å²) in [7, 11) is 4.70. The third-order valence-electron chi connectivity index (χ3n) is 5.76. The summed E-state index contributed by atoms with van der Waals surface area (Å²) in [6, 6.07) is 11.2. The number of nitrogens with zero attached hydrogens (tertiary/aromatic N) is 1. The van der Waals surface area contributed by atoms with Crippen molar-refractivity contribution >= 4 is 27.8 Å². The van der Waals surface area contributed by atoms with E-state index in [4.69, 9.17) is 18.6 Å². The average molecular weight is 450 g/mol. The van der Waals surface area contributed by atoms with Crippen molar-refractivity contribution in [3.63, 3.8) is 0 Å². The first kappa shape index (κ1) is 22.3. The molecule has 172 valence electrons. The molecule has 0 aliphatic heterocycles. The number of methoxy groups -OCH3 is 3. The molecule has 1 N–H and O–H groups in total. The maximum atomic E-state index is 12.6. The Hall–Kier alpha value is -3.94. The molecule has 0 unspecified atom stereocenters. The van der Waals surface area contributed by atoms with Crippen LogP contribution in [0.2, 0.25) is 0 Å². The summed E-state index contributed by atoms with van der Waals surface area (Å²) in [6.45, 7) is 2.81. The van der Waals surface area contributed by atoms with Crippen molar-refractivity contribution in [2.75, 3.05) is 27.9 Å². The molecule has 0 aliphatic rings. The maximum Gasteiger partial charge on any atom is 0.340 e. The normalized spacial score (nSPS) is 11.0. The lowest BCUT2D eigenvalue weighted by Crippen LogP contribution is -2.30. The van der Waals surface area contributed by atoms with Crippen LogP contribution in [0.15, 0.2) is 51.8 Å². The number of nitrogens with one attached hydrogen (secondary N) is 1. The molecule has 0 spiro atoms. The largest absolute Gasteiger partial charge is 0.497 e. The number of ether oxygens (including phenoxy) is 3. The second-order valence-electron chi connectivity index (χ2n) is 7.66. The van der Waals surface area contributed by atoms with Crippen LogP contribution in [0, 0.1) is 6.92 Å². The van der Waals surface area contributed by atoms with Crippen LogP contribution in [-0.4, -0.2) is 38.3 Å². The summed E-state index contributed by atoms with van der Waals surface area (Å²) in [5.41, 5.74) is 1.83. The van der Waals surface area contributed by atoms with Crippen molar-refractivity contribution in [2.24, 2.45) is 0 Å². The first-order valence-electron chi connectivity index (χ1n) is 10.5. The van der Waals surface area contributed by atoms with Gasteiger partial charge in [0.25, 0.3) is 0 Å². The van der Waals surface area contributed by atoms with Gasteiger partial charge in [-0.05, 0) is 36.8 Å². The van der Waals surface area contributed by atoms with E-state index in [2.05, 4.69) is 9.88 Å². The molecule has 0 fully saturated rings. The summed E-state index contributed by atoms with van der Waals surface area (Å²) in [6.07, 6.45) is 1.89. The van der Waals surface area contributed by atoms with E-state index in [0.717, 1.165) is 16.7 Å². The van der Waals surface area contributed by atoms with Crippen LogP contribution in [0.25, 0.3) is 21.9 Å². The highest BCUT2D eigenvalue weighted by molar-refractivity contribution is 5.90. The highest BCUT2D eigenvalue weighted by atomic mass is 16.5. The molecular formula is C25H26N2O6. The van der Waals surface area contributed by atoms with Crippen LogP contribution in [0.3, 0.4) is 0 Å². The number of carbonyl (C=O) groups excluding carboxylic acids is 1. The molecular weight excluding hydrogens is 424 g/mol. The van der Waals surface area contributed by atoms with Crippen LogP contribution >= 0.6 is 0 Å². The predicted molar refractivity (Wildman–Crippen MR) is 126 cm³/mol. The van der Waals surface area contributed by atoms with Gasteiger partial charge >= 0.3 is 5.63 Å². The minimum absolute atomic E-state index is 0.0804. The topological polar surface area (TPSA) is 91.9 Å². The van der Waals surface area contributed by atoms with E-state index in [1.165, 1.54) is 14.2 Å². The second-order valence-corrected chi connectivity index (χ2v) is 7.66. The van der Waals surface area contributed by atoms with Gasteiger partial charge in [0.2, 0.25) is 5.91 Å². The van der Waals surface area contributed by atoms with Gasteiger partial charge in [0, 0.05) is 42.3 Å². The van der Waals surface area contributed by atoms with Crippen molar-refractivity contribution in [1.82, 2.24) is 9.88 Å². The Morgan fingerprint density at radius 2 is 1.82 bits per heavy atom. The van der Waals surface area contributed by atoms with Crippen molar-refractivity contribution in [2.45, 2.75) is 19.9 Å². The van der Waals surface area contributed by atoms with Crippen molar-refractivity contribution in [1.29, 1.82) is 0 Å². The minimum Gasteiger partial charge on any atom is -0.497 e. The van der Waals surface area contributed by atoms with E-state index in [-0.39, 0.29) is 12.3 Å². The summed E-state index contributed by atoms with van der Waals surface area (Å²) in [5.74, 6) is 1.58. The first-order valence-corrected chi connectivity index (χ1v) is 10.5. The van der Waals surface area contributed by atoms with Gasteiger partial charge in [-0.25, -0.2) is 4.79 Å². The van der Waals surface area contributed by atoms with Crippen LogP contribution in [0.5, 0.6) is 17.2 Å². The van der Waals surface area contributed by atoms with Crippen molar-refractivity contribution in [3.05, 3.63) is 64.1 Å². The fourth-order valence-corrected chi connectivity index (χ4v) is 4.00. The van der Waals surface area contributed by atoms with Gasteiger partial charge in [-0.15, -0.1) is 0 Å². The Kier molecular flexibility index (Phi) is 6.26. The lowest BCUT2D eigenvalue weighted by atomic mass is 10.0. The molecule has 4 rings (SSSR count). The van der Waals surface area contributed by atoms with Gasteiger partial charge in [0.15, 0.2) is 0 Å². The van der Waals surface area contributed by atoms with Crippen molar-refractivity contribution in [3.8, 4) is 17.2 Å². The van der Waals surface area contributed by atoms with Crippen LogP contribution in [-0.2, 0) is 17.8 Å². The smallest absolute Gasteiger partial charge is 0.340 e. The fourth-order valence-electron chi connectivity index (χ4n) is 4.00. The summed E-state index contributed by atoms with van der Waals surface area (Å²) in [4.78, 5) is 25.2. The second kappa shape index (κ2) is 9.28. The van der Waals surface area contributed by atoms with Crippen molar-refractivity contribution < 1.29 is 23.4 Å². The van der Waals surface area contributed by atoms with E-state index in [1.807, 2.05) is 30.5 Å². The number of carbonyl (C=O) groups is 1. The number of aryl methyl sites for hydroxylation is 1. The first-order chi connectivity index (χ1) is 15.9. The standard InChI is InChI=1S/C25H26N2O6/c1-15-19(25(29)33-22-13-18(31-3)12-21(32-4)24(15)22)14-23(28)26-8-10-27-9-7-16-11-17(30-2)5-6-20(16)27/h5-7,9,11-13H,8,10,14H2,1-4H3,(H,26,28). The SMILES string of the molecule is COc1ccc2c(ccn2CCNC(=O)Cc2c(C)c3c(OC)cc(OC)cc3oc2=O)c1. The number of rotatable bonds is 8. The summed E-state index contributed by atoms with van der Waals surface area (Å²) < 4.78 is 23.5. The number of fused-ring (bicyclic) bond motifs is 2. The summed E-state index contributed by atoms with van der Waals surface area (Å²) >= 11 is 0. The zero-order valence-corrected chi connectivity index (χ0v) is 19.1. The molecule has 0 saturated carbocycles. The van der Waals surface area contributed by atoms with Crippen LogP contribution in [0.1, 0.15) is 11.1 Å². The third kappa shape index (κ3) is 4.37. The van der Waals surface area contributed by atoms with E-state index in [9.17, 15) is 9.59 Å². The highest BCUT2D eigenvalue weighted by Crippen LogP contribution is 2.33. The zero-order chi connectivity index (χ0) is 23.5. The zero-order valence-electron chi connectivity index (χ0n) is 19.1. The fraction of sp³-hybridized carbons (Fsp3) is 0.280. The number of hydrogen-bond donors (Lipinski definition) is 1. The van der Waals surface area contributed by atoms with E-state index in [1.54, 1.807) is 26.2 Å². The number of hydrogen-bond acceptors (Lipinski definition) is 6. The van der Waals surface area contributed by atoms with Gasteiger partial charge < -0.3 is 28.5 Å². The van der Waals surface area contributed by atoms with Gasteiger partial charge in [0.1, 0.15) is 22.8 Å². The Balaban J connectivity index is 1.48. The molecule has 1 amide bonds. The third-order valence-corrected chi connectivity index (χ3v) is 5.76. The predicted octanol–water partition coefficient (Wildman–Crippen LogP) is 3.44. The molecule has 0 aliphatic carbocycles. The molecule has 0 bridgehead atoms. The minimum atomic E-state index is -0.546. The van der Waals surface area contributed by atoms with Gasteiger partial charge in [0.05, 0.1) is 38.7 Å². The molecule has 8 nitrogen and oxygen atoms in total. The molecule has 8 heteroatoms. The van der Waals surface area contributed by atoms with Crippen LogP contribution in [0.4, 0.5) is 0 Å². The monoisotopic (exact) mass is 450 g/mol.